The SMILES string of the molecule is CCN1C=CN(c2c[nH]c(N3C=CN(CC)C3)n2)C1. The van der Waals surface area contributed by atoms with Gasteiger partial charge in [-0.2, -0.15) is 4.98 Å². The molecule has 6 heteroatoms. The minimum atomic E-state index is 0.861. The molecule has 19 heavy (non-hydrogen) atoms. The Morgan fingerprint density at radius 2 is 1.63 bits per heavy atom. The molecule has 0 radical (unpaired) electrons. The summed E-state index contributed by atoms with van der Waals surface area (Å²) in [5.74, 6) is 1.86. The Bertz CT molecular complexity index is 449. The van der Waals surface area contributed by atoms with E-state index < -0.39 is 0 Å². The Hall–Kier alpha value is -2.11. The molecular formula is C13H20N6. The van der Waals surface area contributed by atoms with Crippen LogP contribution in [0.4, 0.5) is 11.8 Å². The average Bonchev–Trinajstić information content (AvgIpc) is 3.16. The number of imidazole rings is 1. The first kappa shape index (κ1) is 12.0. The van der Waals surface area contributed by atoms with E-state index in [9.17, 15) is 0 Å². The molecule has 0 saturated carbocycles. The number of hydrogen-bond donors (Lipinski definition) is 1. The fourth-order valence-electron chi connectivity index (χ4n) is 2.22. The van der Waals surface area contributed by atoms with Crippen LogP contribution >= 0.6 is 0 Å². The zero-order chi connectivity index (χ0) is 13.2. The first-order valence-electron chi connectivity index (χ1n) is 6.73. The summed E-state index contributed by atoms with van der Waals surface area (Å²) in [7, 11) is 0. The summed E-state index contributed by atoms with van der Waals surface area (Å²) in [6.07, 6.45) is 10.3. The van der Waals surface area contributed by atoms with E-state index in [0.29, 0.717) is 0 Å². The van der Waals surface area contributed by atoms with E-state index in [1.54, 1.807) is 0 Å². The van der Waals surface area contributed by atoms with Crippen LogP contribution in [0, 0.1) is 0 Å². The molecule has 2 aliphatic heterocycles. The van der Waals surface area contributed by atoms with Gasteiger partial charge in [0.1, 0.15) is 0 Å². The second kappa shape index (κ2) is 4.87. The quantitative estimate of drug-likeness (QED) is 0.889. The van der Waals surface area contributed by atoms with Gasteiger partial charge >= 0.3 is 0 Å². The molecular weight excluding hydrogens is 240 g/mol. The molecule has 1 aromatic heterocycles. The molecule has 2 aliphatic rings. The van der Waals surface area contributed by atoms with Gasteiger partial charge in [0.2, 0.25) is 5.95 Å². The Labute approximate surface area is 113 Å². The molecule has 0 aliphatic carbocycles. The Morgan fingerprint density at radius 1 is 1.00 bits per heavy atom. The van der Waals surface area contributed by atoms with Crippen LogP contribution in [-0.4, -0.2) is 46.2 Å². The molecule has 0 fully saturated rings. The van der Waals surface area contributed by atoms with Crippen LogP contribution in [0.25, 0.3) is 0 Å². The lowest BCUT2D eigenvalue weighted by atomic mass is 10.6. The number of aromatic amines is 1. The normalized spacial score (nSPS) is 18.2. The van der Waals surface area contributed by atoms with Crippen molar-refractivity contribution in [2.24, 2.45) is 0 Å². The van der Waals surface area contributed by atoms with Crippen molar-refractivity contribution < 1.29 is 0 Å². The second-order valence-electron chi connectivity index (χ2n) is 4.71. The van der Waals surface area contributed by atoms with Crippen molar-refractivity contribution in [3.05, 3.63) is 31.0 Å². The molecule has 0 unspecified atom stereocenters. The monoisotopic (exact) mass is 260 g/mol. The van der Waals surface area contributed by atoms with Crippen LogP contribution in [-0.2, 0) is 0 Å². The minimum absolute atomic E-state index is 0.861. The summed E-state index contributed by atoms with van der Waals surface area (Å²) < 4.78 is 0. The molecule has 0 saturated heterocycles. The van der Waals surface area contributed by atoms with Gasteiger partial charge in [-0.15, -0.1) is 0 Å². The predicted octanol–water partition coefficient (Wildman–Crippen LogP) is 1.55. The van der Waals surface area contributed by atoms with Crippen LogP contribution in [0.15, 0.2) is 31.0 Å². The first-order valence-corrected chi connectivity index (χ1v) is 6.73. The Morgan fingerprint density at radius 3 is 2.26 bits per heavy atom. The van der Waals surface area contributed by atoms with Crippen LogP contribution in [0.3, 0.4) is 0 Å². The lowest BCUT2D eigenvalue weighted by molar-refractivity contribution is 0.427. The van der Waals surface area contributed by atoms with Gasteiger partial charge in [-0.3, -0.25) is 4.90 Å². The van der Waals surface area contributed by atoms with E-state index in [2.05, 4.69) is 68.2 Å². The highest BCUT2D eigenvalue weighted by molar-refractivity contribution is 5.49. The number of rotatable bonds is 4. The Kier molecular flexibility index (Phi) is 3.06. The molecule has 3 rings (SSSR count). The van der Waals surface area contributed by atoms with E-state index in [1.807, 2.05) is 6.20 Å². The fourth-order valence-corrected chi connectivity index (χ4v) is 2.22. The summed E-state index contributed by atoms with van der Waals surface area (Å²) in [6, 6.07) is 0. The summed E-state index contributed by atoms with van der Waals surface area (Å²) >= 11 is 0. The van der Waals surface area contributed by atoms with Crippen molar-refractivity contribution in [3.63, 3.8) is 0 Å². The highest BCUT2D eigenvalue weighted by Gasteiger charge is 2.19. The molecule has 3 heterocycles. The van der Waals surface area contributed by atoms with Crippen LogP contribution < -0.4 is 9.80 Å². The molecule has 0 aromatic carbocycles. The lowest BCUT2D eigenvalue weighted by Crippen LogP contribution is -2.26. The highest BCUT2D eigenvalue weighted by atomic mass is 15.4. The van der Waals surface area contributed by atoms with Gasteiger partial charge in [0, 0.05) is 44.1 Å². The molecule has 1 aromatic rings. The van der Waals surface area contributed by atoms with Gasteiger partial charge in [-0.05, 0) is 13.8 Å². The maximum Gasteiger partial charge on any atom is 0.210 e. The third-order valence-electron chi connectivity index (χ3n) is 3.51. The maximum atomic E-state index is 4.65. The molecule has 0 bridgehead atoms. The number of nitrogens with zero attached hydrogens (tertiary/aromatic N) is 5. The smallest absolute Gasteiger partial charge is 0.210 e. The summed E-state index contributed by atoms with van der Waals surface area (Å²) in [4.78, 5) is 16.6. The van der Waals surface area contributed by atoms with Gasteiger partial charge in [0.05, 0.1) is 13.3 Å². The Balaban J connectivity index is 1.68. The largest absolute Gasteiger partial charge is 0.358 e. The molecule has 0 amide bonds. The lowest BCUT2D eigenvalue weighted by Gasteiger charge is -2.18. The summed E-state index contributed by atoms with van der Waals surface area (Å²) in [6.45, 7) is 8.07. The third-order valence-corrected chi connectivity index (χ3v) is 3.51. The van der Waals surface area contributed by atoms with Crippen molar-refractivity contribution in [2.45, 2.75) is 13.8 Å². The zero-order valence-electron chi connectivity index (χ0n) is 11.5. The van der Waals surface area contributed by atoms with E-state index in [4.69, 9.17) is 0 Å². The first-order chi connectivity index (χ1) is 9.30. The van der Waals surface area contributed by atoms with E-state index in [-0.39, 0.29) is 0 Å². The highest BCUT2D eigenvalue weighted by Crippen LogP contribution is 2.22. The van der Waals surface area contributed by atoms with E-state index in [0.717, 1.165) is 38.2 Å². The molecule has 0 atom stereocenters. The topological polar surface area (TPSA) is 41.6 Å². The summed E-state index contributed by atoms with van der Waals surface area (Å²) in [5.41, 5.74) is 0. The van der Waals surface area contributed by atoms with Gasteiger partial charge in [0.25, 0.3) is 0 Å². The molecule has 102 valence electrons. The minimum Gasteiger partial charge on any atom is -0.358 e. The van der Waals surface area contributed by atoms with Gasteiger partial charge in [-0.1, -0.05) is 0 Å². The summed E-state index contributed by atoms with van der Waals surface area (Å²) in [5, 5.41) is 0. The van der Waals surface area contributed by atoms with Crippen molar-refractivity contribution in [3.8, 4) is 0 Å². The van der Waals surface area contributed by atoms with E-state index >= 15 is 0 Å². The average molecular weight is 260 g/mol. The van der Waals surface area contributed by atoms with Crippen LogP contribution in [0.2, 0.25) is 0 Å². The number of aromatic nitrogens is 2. The van der Waals surface area contributed by atoms with Crippen LogP contribution in [0.5, 0.6) is 0 Å². The van der Waals surface area contributed by atoms with Crippen molar-refractivity contribution >= 4 is 11.8 Å². The zero-order valence-corrected chi connectivity index (χ0v) is 11.5. The van der Waals surface area contributed by atoms with Crippen molar-refractivity contribution in [2.75, 3.05) is 36.2 Å². The van der Waals surface area contributed by atoms with Gasteiger partial charge < -0.3 is 19.7 Å². The van der Waals surface area contributed by atoms with E-state index in [1.165, 1.54) is 0 Å². The number of H-pyrrole nitrogens is 1. The maximum absolute atomic E-state index is 4.65. The van der Waals surface area contributed by atoms with Crippen molar-refractivity contribution in [1.29, 1.82) is 0 Å². The number of hydrogen-bond acceptors (Lipinski definition) is 5. The molecule has 1 N–H and O–H groups in total. The van der Waals surface area contributed by atoms with Crippen LogP contribution in [0.1, 0.15) is 13.8 Å². The third kappa shape index (κ3) is 2.25. The fraction of sp³-hybridized carbons (Fsp3) is 0.462. The van der Waals surface area contributed by atoms with Gasteiger partial charge in [0.15, 0.2) is 5.82 Å². The number of anilines is 2. The van der Waals surface area contributed by atoms with Gasteiger partial charge in [-0.25, -0.2) is 0 Å². The second-order valence-corrected chi connectivity index (χ2v) is 4.71. The standard InChI is InChI=1S/C13H20N6/c1-3-16-5-7-18(10-16)12-9-14-13(15-12)19-8-6-17(4-2)11-19/h5-9H,3-4,10-11H2,1-2H3,(H,14,15). The predicted molar refractivity (Wildman–Crippen MR) is 76.3 cm³/mol. The molecule has 6 nitrogen and oxygen atoms in total. The number of nitrogens with one attached hydrogen (secondary N) is 1. The van der Waals surface area contributed by atoms with Crippen molar-refractivity contribution in [1.82, 2.24) is 19.8 Å². The molecule has 0 spiro atoms.